The minimum atomic E-state index is -0.638. The number of carbonyl (C=O) groups excluding carboxylic acids is 2. The molecule has 138 valence electrons. The third-order valence-corrected chi connectivity index (χ3v) is 4.54. The van der Waals surface area contributed by atoms with Crippen molar-refractivity contribution in [2.75, 3.05) is 26.0 Å². The Balaban J connectivity index is 1.95. The van der Waals surface area contributed by atoms with Crippen molar-refractivity contribution in [3.8, 4) is 11.5 Å². The van der Waals surface area contributed by atoms with Crippen molar-refractivity contribution >= 4 is 35.2 Å². The van der Waals surface area contributed by atoms with E-state index < -0.39 is 5.91 Å². The van der Waals surface area contributed by atoms with Gasteiger partial charge in [0.05, 0.1) is 12.1 Å². The van der Waals surface area contributed by atoms with Crippen LogP contribution in [0.15, 0.2) is 47.4 Å². The molecule has 0 atom stereocenters. The molecule has 8 heteroatoms. The van der Waals surface area contributed by atoms with Crippen molar-refractivity contribution in [2.24, 2.45) is 5.73 Å². The zero-order chi connectivity index (χ0) is 18.9. The second-order valence-corrected chi connectivity index (χ2v) is 6.74. The molecule has 0 aromatic heterocycles. The molecule has 0 heterocycles. The fourth-order valence-corrected chi connectivity index (χ4v) is 3.14. The Morgan fingerprint density at radius 3 is 2.62 bits per heavy atom. The summed E-state index contributed by atoms with van der Waals surface area (Å²) >= 11 is 7.79. The van der Waals surface area contributed by atoms with Gasteiger partial charge in [-0.3, -0.25) is 9.59 Å². The largest absolute Gasteiger partial charge is 0.493 e. The third kappa shape index (κ3) is 5.86. The smallest absolute Gasteiger partial charge is 0.255 e. The Morgan fingerprint density at radius 2 is 1.96 bits per heavy atom. The standard InChI is InChI=1S/C18H19ClN2O4S/c1-24-15-10-12(9-14(19)17(15)25-11-16(20)22)18(23)21-7-8-26-13-5-3-2-4-6-13/h2-6,9-10H,7-8,11H2,1H3,(H2,20,22)(H,21,23). The third-order valence-electron chi connectivity index (χ3n) is 3.25. The summed E-state index contributed by atoms with van der Waals surface area (Å²) in [5.74, 6) is 0.244. The van der Waals surface area contributed by atoms with E-state index in [1.54, 1.807) is 11.8 Å². The first-order valence-corrected chi connectivity index (χ1v) is 9.12. The molecule has 3 N–H and O–H groups in total. The van der Waals surface area contributed by atoms with Crippen LogP contribution in [0.25, 0.3) is 0 Å². The highest BCUT2D eigenvalue weighted by molar-refractivity contribution is 7.99. The van der Waals surface area contributed by atoms with Crippen molar-refractivity contribution in [1.29, 1.82) is 0 Å². The molecular weight excluding hydrogens is 376 g/mol. The van der Waals surface area contributed by atoms with Gasteiger partial charge in [0.1, 0.15) is 0 Å². The van der Waals surface area contributed by atoms with E-state index in [-0.39, 0.29) is 29.0 Å². The normalized spacial score (nSPS) is 10.2. The van der Waals surface area contributed by atoms with Crippen molar-refractivity contribution < 1.29 is 19.1 Å². The zero-order valence-electron chi connectivity index (χ0n) is 14.2. The number of halogens is 1. The molecule has 0 fully saturated rings. The predicted octanol–water partition coefficient (Wildman–Crippen LogP) is 2.73. The van der Waals surface area contributed by atoms with Gasteiger partial charge in [-0.25, -0.2) is 0 Å². The second-order valence-electron chi connectivity index (χ2n) is 5.16. The van der Waals surface area contributed by atoms with Gasteiger partial charge in [-0.1, -0.05) is 29.8 Å². The van der Waals surface area contributed by atoms with E-state index >= 15 is 0 Å². The van der Waals surface area contributed by atoms with Gasteiger partial charge < -0.3 is 20.5 Å². The Bertz CT molecular complexity index is 771. The molecule has 0 radical (unpaired) electrons. The molecule has 0 bridgehead atoms. The first-order chi connectivity index (χ1) is 12.5. The summed E-state index contributed by atoms with van der Waals surface area (Å²) in [5.41, 5.74) is 5.39. The molecule has 6 nitrogen and oxygen atoms in total. The SMILES string of the molecule is COc1cc(C(=O)NCCSc2ccccc2)cc(Cl)c1OCC(N)=O. The van der Waals surface area contributed by atoms with Gasteiger partial charge >= 0.3 is 0 Å². The summed E-state index contributed by atoms with van der Waals surface area (Å²) in [6, 6.07) is 12.9. The van der Waals surface area contributed by atoms with Crippen LogP contribution in [0.5, 0.6) is 11.5 Å². The molecular formula is C18H19ClN2O4S. The molecule has 0 aliphatic rings. The van der Waals surface area contributed by atoms with Gasteiger partial charge in [0.25, 0.3) is 11.8 Å². The molecule has 2 aromatic rings. The highest BCUT2D eigenvalue weighted by Crippen LogP contribution is 2.36. The highest BCUT2D eigenvalue weighted by atomic mass is 35.5. The van der Waals surface area contributed by atoms with Crippen LogP contribution in [0, 0.1) is 0 Å². The van der Waals surface area contributed by atoms with Crippen molar-refractivity contribution in [2.45, 2.75) is 4.90 Å². The zero-order valence-corrected chi connectivity index (χ0v) is 15.7. The van der Waals surface area contributed by atoms with Gasteiger partial charge in [-0.15, -0.1) is 11.8 Å². The number of amides is 2. The lowest BCUT2D eigenvalue weighted by molar-refractivity contribution is -0.119. The highest BCUT2D eigenvalue weighted by Gasteiger charge is 2.16. The van der Waals surface area contributed by atoms with E-state index in [2.05, 4.69) is 5.32 Å². The van der Waals surface area contributed by atoms with Gasteiger partial charge in [0, 0.05) is 22.8 Å². The Kier molecular flexibility index (Phi) is 7.62. The van der Waals surface area contributed by atoms with Crippen LogP contribution in [-0.4, -0.2) is 37.8 Å². The quantitative estimate of drug-likeness (QED) is 0.504. The van der Waals surface area contributed by atoms with Crippen LogP contribution >= 0.6 is 23.4 Å². The van der Waals surface area contributed by atoms with E-state index in [1.165, 1.54) is 19.2 Å². The molecule has 0 saturated heterocycles. The van der Waals surface area contributed by atoms with Crippen LogP contribution in [0.1, 0.15) is 10.4 Å². The molecule has 2 amide bonds. The van der Waals surface area contributed by atoms with Crippen molar-refractivity contribution in [3.63, 3.8) is 0 Å². The van der Waals surface area contributed by atoms with E-state index in [9.17, 15) is 9.59 Å². The Morgan fingerprint density at radius 1 is 1.23 bits per heavy atom. The number of nitrogens with two attached hydrogens (primary N) is 1. The summed E-state index contributed by atoms with van der Waals surface area (Å²) in [5, 5.41) is 2.99. The monoisotopic (exact) mass is 394 g/mol. The average molecular weight is 395 g/mol. The molecule has 0 unspecified atom stereocenters. The summed E-state index contributed by atoms with van der Waals surface area (Å²) < 4.78 is 10.4. The van der Waals surface area contributed by atoms with Crippen LogP contribution in [0.2, 0.25) is 5.02 Å². The molecule has 0 saturated carbocycles. The van der Waals surface area contributed by atoms with Crippen LogP contribution in [-0.2, 0) is 4.79 Å². The fraction of sp³-hybridized carbons (Fsp3) is 0.222. The minimum Gasteiger partial charge on any atom is -0.493 e. The maximum Gasteiger partial charge on any atom is 0.255 e. The fourth-order valence-electron chi connectivity index (χ4n) is 2.09. The maximum atomic E-state index is 12.3. The van der Waals surface area contributed by atoms with Crippen molar-refractivity contribution in [3.05, 3.63) is 53.1 Å². The average Bonchev–Trinajstić information content (AvgIpc) is 2.64. The van der Waals surface area contributed by atoms with Gasteiger partial charge in [0.15, 0.2) is 18.1 Å². The Hall–Kier alpha value is -2.38. The van der Waals surface area contributed by atoms with Crippen molar-refractivity contribution in [1.82, 2.24) is 5.32 Å². The number of thioether (sulfide) groups is 1. The summed E-state index contributed by atoms with van der Waals surface area (Å²) in [4.78, 5) is 24.3. The predicted molar refractivity (Wildman–Crippen MR) is 102 cm³/mol. The lowest BCUT2D eigenvalue weighted by atomic mass is 10.2. The first kappa shape index (κ1) is 19.9. The number of hydrogen-bond acceptors (Lipinski definition) is 5. The first-order valence-electron chi connectivity index (χ1n) is 7.76. The van der Waals surface area contributed by atoms with E-state index in [0.717, 1.165) is 10.6 Å². The summed E-state index contributed by atoms with van der Waals surface area (Å²) in [7, 11) is 1.42. The molecule has 0 spiro atoms. The number of methoxy groups -OCH3 is 1. The van der Waals surface area contributed by atoms with Gasteiger partial charge in [-0.2, -0.15) is 0 Å². The number of ether oxygens (including phenoxy) is 2. The number of carbonyl (C=O) groups is 2. The molecule has 26 heavy (non-hydrogen) atoms. The molecule has 0 aliphatic heterocycles. The van der Waals surface area contributed by atoms with Crippen LogP contribution < -0.4 is 20.5 Å². The molecule has 2 rings (SSSR count). The summed E-state index contributed by atoms with van der Waals surface area (Å²) in [6.45, 7) is 0.163. The lowest BCUT2D eigenvalue weighted by Crippen LogP contribution is -2.26. The van der Waals surface area contributed by atoms with Crippen LogP contribution in [0.3, 0.4) is 0 Å². The molecule has 0 aliphatic carbocycles. The lowest BCUT2D eigenvalue weighted by Gasteiger charge is -2.13. The second kappa shape index (κ2) is 9.94. The summed E-state index contributed by atoms with van der Waals surface area (Å²) in [6.07, 6.45) is 0. The number of benzene rings is 2. The van der Waals surface area contributed by atoms with E-state index in [0.29, 0.717) is 12.1 Å². The number of hydrogen-bond donors (Lipinski definition) is 2. The number of rotatable bonds is 9. The van der Waals surface area contributed by atoms with E-state index in [1.807, 2.05) is 30.3 Å². The minimum absolute atomic E-state index is 0.161. The number of primary amides is 1. The van der Waals surface area contributed by atoms with Gasteiger partial charge in [0.2, 0.25) is 0 Å². The number of nitrogens with one attached hydrogen (secondary N) is 1. The van der Waals surface area contributed by atoms with Gasteiger partial charge in [-0.05, 0) is 24.3 Å². The van der Waals surface area contributed by atoms with Crippen LogP contribution in [0.4, 0.5) is 0 Å². The maximum absolute atomic E-state index is 12.3. The Labute approximate surface area is 161 Å². The molecule has 2 aromatic carbocycles. The van der Waals surface area contributed by atoms with E-state index in [4.69, 9.17) is 26.8 Å². The topological polar surface area (TPSA) is 90.7 Å².